The van der Waals surface area contributed by atoms with Crippen molar-refractivity contribution in [3.8, 4) is 0 Å². The molecule has 0 heterocycles. The van der Waals surface area contributed by atoms with Crippen molar-refractivity contribution in [1.29, 1.82) is 0 Å². The summed E-state index contributed by atoms with van der Waals surface area (Å²) in [5.74, 6) is -0.272. The van der Waals surface area contributed by atoms with E-state index in [4.69, 9.17) is 4.74 Å². The first-order valence-corrected chi connectivity index (χ1v) is 14.5. The van der Waals surface area contributed by atoms with E-state index >= 15 is 0 Å². The Bertz CT molecular complexity index is 1000. The standard InChI is InChI=1S/C31H50O6/c1-17-11-14-31(25(35)37-8)16-15-27(4)18(22(31)30(17,7)36)9-10-20-28(27,5)13-12-19-26(2,3)23(33)21(32)24(34)29(19,20)6/h9,17,19-24,32-34,36H,10-16H2,1-8H3/t17-,19+,20+,21+,22-,23+,24-,27-,28-,29+,30-,31+/m1/s1. The molecule has 0 aromatic carbocycles. The molecular formula is C31H50O6. The maximum Gasteiger partial charge on any atom is 0.312 e. The summed E-state index contributed by atoms with van der Waals surface area (Å²) < 4.78 is 5.41. The summed E-state index contributed by atoms with van der Waals surface area (Å²) in [5, 5.41) is 45.6. The van der Waals surface area contributed by atoms with Gasteiger partial charge in [0, 0.05) is 11.3 Å². The van der Waals surface area contributed by atoms with Crippen LogP contribution in [0.15, 0.2) is 11.6 Å². The number of allylic oxidation sites excluding steroid dienone is 1. The molecule has 0 radical (unpaired) electrons. The van der Waals surface area contributed by atoms with Crippen molar-refractivity contribution < 1.29 is 30.0 Å². The Morgan fingerprint density at radius 1 is 0.919 bits per heavy atom. The number of methoxy groups -OCH3 is 1. The minimum absolute atomic E-state index is 0.0647. The third kappa shape index (κ3) is 3.05. The number of hydrogen-bond acceptors (Lipinski definition) is 6. The molecule has 12 atom stereocenters. The molecule has 0 saturated heterocycles. The number of aliphatic hydroxyl groups excluding tert-OH is 3. The SMILES string of the molecule is COC(=O)[C@]12CC[C@@H](C)[C@@](C)(O)[C@H]1C1=CC[C@@H]3[C@@]4(C)[C@H](O)[C@@H](O)[C@H](O)C(C)(C)[C@@H]4CC[C@@]3(C)[C@]1(C)CC2. The summed E-state index contributed by atoms with van der Waals surface area (Å²) in [5.41, 5.74) is -2.09. The number of carbonyl (C=O) groups is 1. The van der Waals surface area contributed by atoms with Crippen LogP contribution >= 0.6 is 0 Å². The highest BCUT2D eigenvalue weighted by atomic mass is 16.5. The number of fused-ring (bicyclic) bond motifs is 7. The molecule has 0 bridgehead atoms. The van der Waals surface area contributed by atoms with E-state index in [0.717, 1.165) is 38.5 Å². The zero-order valence-corrected chi connectivity index (χ0v) is 24.2. The zero-order chi connectivity index (χ0) is 27.6. The molecule has 5 rings (SSSR count). The van der Waals surface area contributed by atoms with E-state index in [1.54, 1.807) is 0 Å². The van der Waals surface area contributed by atoms with Crippen molar-refractivity contribution in [2.24, 2.45) is 50.7 Å². The molecule has 0 amide bonds. The number of carbonyl (C=O) groups excluding carboxylic acids is 1. The summed E-state index contributed by atoms with van der Waals surface area (Å²) in [4.78, 5) is 13.4. The second-order valence-corrected chi connectivity index (χ2v) is 15.1. The minimum Gasteiger partial charge on any atom is -0.469 e. The van der Waals surface area contributed by atoms with E-state index in [9.17, 15) is 25.2 Å². The van der Waals surface area contributed by atoms with Crippen LogP contribution in [0.25, 0.3) is 0 Å². The van der Waals surface area contributed by atoms with Crippen LogP contribution in [0, 0.1) is 50.7 Å². The minimum atomic E-state index is -1.19. The molecule has 0 aliphatic heterocycles. The Kier molecular flexibility index (Phi) is 6.01. The molecule has 6 nitrogen and oxygen atoms in total. The fourth-order valence-electron chi connectivity index (χ4n) is 11.1. The predicted molar refractivity (Wildman–Crippen MR) is 141 cm³/mol. The highest BCUT2D eigenvalue weighted by Gasteiger charge is 2.73. The quantitative estimate of drug-likeness (QED) is 0.306. The average molecular weight is 519 g/mol. The summed E-state index contributed by atoms with van der Waals surface area (Å²) in [6.07, 6.45) is 4.69. The topological polar surface area (TPSA) is 107 Å². The van der Waals surface area contributed by atoms with Crippen LogP contribution in [-0.4, -0.2) is 57.4 Å². The van der Waals surface area contributed by atoms with E-state index in [2.05, 4.69) is 33.8 Å². The van der Waals surface area contributed by atoms with Gasteiger partial charge in [-0.2, -0.15) is 0 Å². The van der Waals surface area contributed by atoms with Gasteiger partial charge >= 0.3 is 5.97 Å². The van der Waals surface area contributed by atoms with Crippen LogP contribution in [0.3, 0.4) is 0 Å². The number of aliphatic hydroxyl groups is 4. The molecule has 5 aliphatic rings. The summed E-state index contributed by atoms with van der Waals surface area (Å²) in [6, 6.07) is 0. The van der Waals surface area contributed by atoms with Crippen LogP contribution < -0.4 is 0 Å². The lowest BCUT2D eigenvalue weighted by Gasteiger charge is -2.72. The summed E-state index contributed by atoms with van der Waals surface area (Å²) in [7, 11) is 1.47. The van der Waals surface area contributed by atoms with Gasteiger partial charge < -0.3 is 25.2 Å². The lowest BCUT2D eigenvalue weighted by Crippen LogP contribution is -2.72. The lowest BCUT2D eigenvalue weighted by atomic mass is 9.32. The number of ether oxygens (including phenoxy) is 1. The van der Waals surface area contributed by atoms with Gasteiger partial charge in [-0.05, 0) is 85.9 Å². The van der Waals surface area contributed by atoms with Gasteiger partial charge in [-0.15, -0.1) is 0 Å². The third-order valence-corrected chi connectivity index (χ3v) is 13.8. The van der Waals surface area contributed by atoms with Crippen LogP contribution in [0.5, 0.6) is 0 Å². The van der Waals surface area contributed by atoms with Gasteiger partial charge in [-0.25, -0.2) is 0 Å². The van der Waals surface area contributed by atoms with Crippen molar-refractivity contribution in [3.63, 3.8) is 0 Å². The second kappa shape index (κ2) is 8.05. The van der Waals surface area contributed by atoms with E-state index in [0.29, 0.717) is 6.42 Å². The molecule has 4 saturated carbocycles. The van der Waals surface area contributed by atoms with Gasteiger partial charge in [-0.1, -0.05) is 53.2 Å². The van der Waals surface area contributed by atoms with Crippen LogP contribution in [0.2, 0.25) is 0 Å². The molecule has 4 N–H and O–H groups in total. The van der Waals surface area contributed by atoms with Crippen molar-refractivity contribution in [2.75, 3.05) is 7.11 Å². The predicted octanol–water partition coefficient (Wildman–Crippen LogP) is 4.23. The number of hydrogen-bond donors (Lipinski definition) is 4. The molecule has 6 heteroatoms. The van der Waals surface area contributed by atoms with Gasteiger partial charge in [-0.3, -0.25) is 4.79 Å². The third-order valence-electron chi connectivity index (χ3n) is 13.8. The van der Waals surface area contributed by atoms with Gasteiger partial charge in [0.15, 0.2) is 0 Å². The Balaban J connectivity index is 1.67. The van der Waals surface area contributed by atoms with E-state index in [1.807, 2.05) is 20.8 Å². The van der Waals surface area contributed by atoms with Crippen LogP contribution in [0.4, 0.5) is 0 Å². The molecular weight excluding hydrogens is 468 g/mol. The van der Waals surface area contributed by atoms with E-state index < -0.39 is 40.2 Å². The monoisotopic (exact) mass is 518 g/mol. The lowest BCUT2D eigenvalue weighted by molar-refractivity contribution is -0.280. The average Bonchev–Trinajstić information content (AvgIpc) is 2.84. The normalized spacial score (nSPS) is 56.6. The van der Waals surface area contributed by atoms with Crippen LogP contribution in [0.1, 0.15) is 93.4 Å². The Morgan fingerprint density at radius 3 is 2.19 bits per heavy atom. The molecule has 0 spiro atoms. The van der Waals surface area contributed by atoms with E-state index in [-0.39, 0.29) is 40.5 Å². The summed E-state index contributed by atoms with van der Waals surface area (Å²) in [6.45, 7) is 14.9. The van der Waals surface area contributed by atoms with Gasteiger partial charge in [0.2, 0.25) is 0 Å². The molecule has 5 aliphatic carbocycles. The fourth-order valence-corrected chi connectivity index (χ4v) is 11.1. The van der Waals surface area contributed by atoms with Crippen molar-refractivity contribution in [2.45, 2.75) is 117 Å². The van der Waals surface area contributed by atoms with E-state index in [1.165, 1.54) is 12.7 Å². The first-order valence-electron chi connectivity index (χ1n) is 14.5. The Labute approximate surface area is 222 Å². The highest BCUT2D eigenvalue weighted by molar-refractivity contribution is 5.79. The van der Waals surface area contributed by atoms with Gasteiger partial charge in [0.25, 0.3) is 0 Å². The summed E-state index contributed by atoms with van der Waals surface area (Å²) >= 11 is 0. The molecule has 0 aromatic heterocycles. The number of rotatable bonds is 1. The maximum absolute atomic E-state index is 13.4. The molecule has 0 aromatic rings. The molecule has 37 heavy (non-hydrogen) atoms. The highest BCUT2D eigenvalue weighted by Crippen LogP contribution is 2.76. The van der Waals surface area contributed by atoms with Crippen molar-refractivity contribution in [1.82, 2.24) is 0 Å². The van der Waals surface area contributed by atoms with Crippen molar-refractivity contribution in [3.05, 3.63) is 11.6 Å². The first kappa shape index (κ1) is 27.6. The zero-order valence-electron chi connectivity index (χ0n) is 24.2. The van der Waals surface area contributed by atoms with Gasteiger partial charge in [0.05, 0.1) is 30.3 Å². The maximum atomic E-state index is 13.4. The Hall–Kier alpha value is -0.950. The fraction of sp³-hybridized carbons (Fsp3) is 0.903. The molecule has 210 valence electrons. The Morgan fingerprint density at radius 2 is 1.57 bits per heavy atom. The van der Waals surface area contributed by atoms with Gasteiger partial charge in [0.1, 0.15) is 6.10 Å². The number of esters is 1. The largest absolute Gasteiger partial charge is 0.469 e. The second-order valence-electron chi connectivity index (χ2n) is 15.1. The first-order chi connectivity index (χ1) is 17.0. The molecule has 0 unspecified atom stereocenters. The molecule has 4 fully saturated rings. The smallest absolute Gasteiger partial charge is 0.312 e. The van der Waals surface area contributed by atoms with Crippen molar-refractivity contribution >= 4 is 5.97 Å². The van der Waals surface area contributed by atoms with Crippen LogP contribution in [-0.2, 0) is 9.53 Å².